The molecule has 3 aromatic rings. The fourth-order valence-electron chi connectivity index (χ4n) is 3.52. The summed E-state index contributed by atoms with van der Waals surface area (Å²) < 4.78 is 17.0. The second-order valence-electron chi connectivity index (χ2n) is 7.46. The molecule has 4 rings (SSSR count). The number of hydrogen-bond acceptors (Lipinski definition) is 4. The van der Waals surface area contributed by atoms with Gasteiger partial charge in [0.2, 0.25) is 0 Å². The third-order valence-electron chi connectivity index (χ3n) is 5.19. The molecule has 0 unspecified atom stereocenters. The average Bonchev–Trinajstić information content (AvgIpc) is 3.03. The van der Waals surface area contributed by atoms with E-state index in [1.807, 2.05) is 66.7 Å². The zero-order valence-corrected chi connectivity index (χ0v) is 18.6. The number of benzene rings is 3. The number of ether oxygens (including phenoxy) is 3. The minimum absolute atomic E-state index is 0.199. The van der Waals surface area contributed by atoms with Crippen LogP contribution in [-0.4, -0.2) is 31.2 Å². The van der Waals surface area contributed by atoms with Crippen LogP contribution in [-0.2, 0) is 24.5 Å². The summed E-state index contributed by atoms with van der Waals surface area (Å²) in [4.78, 5) is 14.6. The molecule has 32 heavy (non-hydrogen) atoms. The molecule has 2 amide bonds. The van der Waals surface area contributed by atoms with Crippen LogP contribution >= 0.6 is 11.6 Å². The fraction of sp³-hybridized carbons (Fsp3) is 0.240. The quantitative estimate of drug-likeness (QED) is 0.537. The Hall–Kier alpha value is -3.22. The predicted molar refractivity (Wildman–Crippen MR) is 124 cm³/mol. The molecular weight excluding hydrogens is 428 g/mol. The summed E-state index contributed by atoms with van der Waals surface area (Å²) in [5.41, 5.74) is 3.67. The molecule has 0 aliphatic carbocycles. The molecule has 1 aliphatic rings. The fourth-order valence-corrected chi connectivity index (χ4v) is 3.65. The van der Waals surface area contributed by atoms with E-state index in [9.17, 15) is 4.79 Å². The van der Waals surface area contributed by atoms with Crippen molar-refractivity contribution in [1.29, 1.82) is 0 Å². The lowest BCUT2D eigenvalue weighted by Gasteiger charge is -2.21. The molecule has 0 radical (unpaired) electrons. The van der Waals surface area contributed by atoms with Gasteiger partial charge in [-0.3, -0.25) is 0 Å². The van der Waals surface area contributed by atoms with E-state index >= 15 is 0 Å². The second-order valence-corrected chi connectivity index (χ2v) is 7.90. The largest absolute Gasteiger partial charge is 0.495 e. The first-order chi connectivity index (χ1) is 15.6. The summed E-state index contributed by atoms with van der Waals surface area (Å²) in [5.74, 6) is 1.41. The van der Waals surface area contributed by atoms with Gasteiger partial charge in [-0.15, -0.1) is 0 Å². The van der Waals surface area contributed by atoms with E-state index in [0.29, 0.717) is 49.4 Å². The highest BCUT2D eigenvalue weighted by Crippen LogP contribution is 2.27. The zero-order valence-electron chi connectivity index (χ0n) is 17.8. The van der Waals surface area contributed by atoms with E-state index < -0.39 is 0 Å². The van der Waals surface area contributed by atoms with Crippen LogP contribution in [0, 0.1) is 0 Å². The van der Waals surface area contributed by atoms with Gasteiger partial charge in [-0.25, -0.2) is 4.79 Å². The monoisotopic (exact) mass is 452 g/mol. The number of halogens is 1. The number of amides is 2. The number of rotatable bonds is 6. The summed E-state index contributed by atoms with van der Waals surface area (Å²) in [5, 5.41) is 3.64. The minimum Gasteiger partial charge on any atom is -0.495 e. The Morgan fingerprint density at radius 2 is 1.81 bits per heavy atom. The van der Waals surface area contributed by atoms with Gasteiger partial charge in [-0.05, 0) is 47.5 Å². The van der Waals surface area contributed by atoms with E-state index in [1.54, 1.807) is 12.0 Å². The predicted octanol–water partition coefficient (Wildman–Crippen LogP) is 5.49. The number of carbonyl (C=O) groups is 1. The maximum atomic E-state index is 12.9. The Morgan fingerprint density at radius 1 is 1.06 bits per heavy atom. The summed E-state index contributed by atoms with van der Waals surface area (Å²) >= 11 is 5.93. The molecule has 7 heteroatoms. The van der Waals surface area contributed by atoms with Crippen LogP contribution in [0.2, 0.25) is 5.02 Å². The number of carbonyl (C=O) groups excluding carboxylic acids is 1. The third-order valence-corrected chi connectivity index (χ3v) is 5.44. The maximum Gasteiger partial charge on any atom is 0.322 e. The molecule has 0 saturated heterocycles. The van der Waals surface area contributed by atoms with Crippen LogP contribution in [0.5, 0.6) is 11.5 Å². The Labute approximate surface area is 192 Å². The molecule has 0 saturated carbocycles. The van der Waals surface area contributed by atoms with Gasteiger partial charge in [-0.1, -0.05) is 41.9 Å². The molecule has 0 bridgehead atoms. The van der Waals surface area contributed by atoms with Gasteiger partial charge in [0.25, 0.3) is 0 Å². The van der Waals surface area contributed by atoms with Crippen molar-refractivity contribution < 1.29 is 19.0 Å². The summed E-state index contributed by atoms with van der Waals surface area (Å²) in [6.07, 6.45) is 0. The molecule has 0 atom stereocenters. The van der Waals surface area contributed by atoms with Gasteiger partial charge >= 0.3 is 6.03 Å². The minimum atomic E-state index is -0.199. The molecule has 6 nitrogen and oxygen atoms in total. The molecule has 0 aromatic heterocycles. The standard InChI is InChI=1S/C25H25ClN2O4/c1-30-24-5-3-2-4-22(24)27-25(29)28-12-13-32-23-11-8-19(14-20(23)15-28)17-31-16-18-6-9-21(26)10-7-18/h2-11,14H,12-13,15-17H2,1H3,(H,27,29). The molecule has 166 valence electrons. The molecule has 1 N–H and O–H groups in total. The van der Waals surface area contributed by atoms with E-state index in [-0.39, 0.29) is 6.03 Å². The summed E-state index contributed by atoms with van der Waals surface area (Å²) in [6, 6.07) is 20.7. The van der Waals surface area contributed by atoms with Crippen LogP contribution in [0.4, 0.5) is 10.5 Å². The number of urea groups is 1. The number of methoxy groups -OCH3 is 1. The molecule has 1 heterocycles. The van der Waals surface area contributed by atoms with Crippen molar-refractivity contribution in [2.24, 2.45) is 0 Å². The molecule has 0 fully saturated rings. The van der Waals surface area contributed by atoms with Crippen molar-refractivity contribution in [3.8, 4) is 11.5 Å². The maximum absolute atomic E-state index is 12.9. The van der Waals surface area contributed by atoms with Gasteiger partial charge in [-0.2, -0.15) is 0 Å². The van der Waals surface area contributed by atoms with Crippen LogP contribution < -0.4 is 14.8 Å². The zero-order chi connectivity index (χ0) is 22.3. The van der Waals surface area contributed by atoms with Gasteiger partial charge in [0.05, 0.1) is 39.1 Å². The Morgan fingerprint density at radius 3 is 2.62 bits per heavy atom. The lowest BCUT2D eigenvalue weighted by molar-refractivity contribution is 0.107. The number of nitrogens with one attached hydrogen (secondary N) is 1. The third kappa shape index (κ3) is 5.52. The number of hydrogen-bond donors (Lipinski definition) is 1. The number of fused-ring (bicyclic) bond motifs is 1. The topological polar surface area (TPSA) is 60.0 Å². The average molecular weight is 453 g/mol. The lowest BCUT2D eigenvalue weighted by Crippen LogP contribution is -2.36. The first-order valence-electron chi connectivity index (χ1n) is 10.4. The normalized spacial score (nSPS) is 13.0. The van der Waals surface area contributed by atoms with Crippen molar-refractivity contribution in [1.82, 2.24) is 4.90 Å². The van der Waals surface area contributed by atoms with Crippen LogP contribution in [0.3, 0.4) is 0 Å². The number of anilines is 1. The van der Waals surface area contributed by atoms with Crippen molar-refractivity contribution in [3.63, 3.8) is 0 Å². The van der Waals surface area contributed by atoms with E-state index in [2.05, 4.69) is 5.32 Å². The van der Waals surface area contributed by atoms with Crippen LogP contribution in [0.1, 0.15) is 16.7 Å². The van der Waals surface area contributed by atoms with E-state index in [0.717, 1.165) is 22.4 Å². The number of para-hydroxylation sites is 2. The second kappa shape index (κ2) is 10.4. The summed E-state index contributed by atoms with van der Waals surface area (Å²) in [7, 11) is 1.58. The van der Waals surface area contributed by atoms with Crippen LogP contribution in [0.25, 0.3) is 0 Å². The van der Waals surface area contributed by atoms with Crippen LogP contribution in [0.15, 0.2) is 66.7 Å². The van der Waals surface area contributed by atoms with Crippen molar-refractivity contribution in [3.05, 3.63) is 88.4 Å². The number of nitrogens with zero attached hydrogens (tertiary/aromatic N) is 1. The van der Waals surface area contributed by atoms with E-state index in [4.69, 9.17) is 25.8 Å². The van der Waals surface area contributed by atoms with Gasteiger partial charge in [0, 0.05) is 10.6 Å². The Bertz CT molecular complexity index is 1070. The van der Waals surface area contributed by atoms with Crippen molar-refractivity contribution >= 4 is 23.3 Å². The molecule has 1 aliphatic heterocycles. The highest BCUT2D eigenvalue weighted by molar-refractivity contribution is 6.30. The SMILES string of the molecule is COc1ccccc1NC(=O)N1CCOc2ccc(COCc3ccc(Cl)cc3)cc2C1. The Kier molecular flexibility index (Phi) is 7.14. The van der Waals surface area contributed by atoms with Gasteiger partial charge in [0.1, 0.15) is 18.1 Å². The first kappa shape index (κ1) is 22.0. The summed E-state index contributed by atoms with van der Waals surface area (Å²) in [6.45, 7) is 2.32. The first-order valence-corrected chi connectivity index (χ1v) is 10.8. The highest BCUT2D eigenvalue weighted by atomic mass is 35.5. The smallest absolute Gasteiger partial charge is 0.322 e. The molecule has 3 aromatic carbocycles. The lowest BCUT2D eigenvalue weighted by atomic mass is 10.1. The molecular formula is C25H25ClN2O4. The van der Waals surface area contributed by atoms with Gasteiger partial charge < -0.3 is 24.4 Å². The highest BCUT2D eigenvalue weighted by Gasteiger charge is 2.21. The Balaban J connectivity index is 1.40. The van der Waals surface area contributed by atoms with Crippen molar-refractivity contribution in [2.75, 3.05) is 25.6 Å². The molecule has 0 spiro atoms. The van der Waals surface area contributed by atoms with Crippen molar-refractivity contribution in [2.45, 2.75) is 19.8 Å². The van der Waals surface area contributed by atoms with E-state index in [1.165, 1.54) is 0 Å². The van der Waals surface area contributed by atoms with Gasteiger partial charge in [0.15, 0.2) is 0 Å².